The van der Waals surface area contributed by atoms with Crippen molar-refractivity contribution in [1.29, 1.82) is 0 Å². The van der Waals surface area contributed by atoms with Crippen LogP contribution in [-0.2, 0) is 13.0 Å². The van der Waals surface area contributed by atoms with Crippen LogP contribution in [0.15, 0.2) is 42.7 Å². The summed E-state index contributed by atoms with van der Waals surface area (Å²) in [5.41, 5.74) is 4.58. The molecule has 0 aliphatic heterocycles. The van der Waals surface area contributed by atoms with Crippen molar-refractivity contribution in [3.8, 4) is 0 Å². The molecule has 3 rings (SSSR count). The average Bonchev–Trinajstić information content (AvgIpc) is 2.80. The summed E-state index contributed by atoms with van der Waals surface area (Å²) in [7, 11) is 0. The summed E-state index contributed by atoms with van der Waals surface area (Å²) < 4.78 is 2.23. The first-order valence-corrected chi connectivity index (χ1v) is 7.22. The van der Waals surface area contributed by atoms with E-state index < -0.39 is 0 Å². The number of fused-ring (bicyclic) bond motifs is 1. The smallest absolute Gasteiger partial charge is 0.111 e. The number of imidazole rings is 1. The predicted molar refractivity (Wildman–Crippen MR) is 82.2 cm³/mol. The summed E-state index contributed by atoms with van der Waals surface area (Å²) in [6.45, 7) is 2.91. The molecule has 0 saturated heterocycles. The van der Waals surface area contributed by atoms with E-state index in [9.17, 15) is 0 Å². The molecule has 0 aliphatic rings. The molecule has 0 radical (unpaired) electrons. The predicted octanol–water partition coefficient (Wildman–Crippen LogP) is 3.57. The van der Waals surface area contributed by atoms with E-state index >= 15 is 0 Å². The third kappa shape index (κ3) is 2.54. The highest BCUT2D eigenvalue weighted by atomic mass is 35.5. The number of hydrogen-bond acceptors (Lipinski definition) is 2. The molecular formula is C16H16ClN3. The number of nitrogens with zero attached hydrogens (tertiary/aromatic N) is 3. The number of pyridine rings is 1. The quantitative estimate of drug-likeness (QED) is 0.686. The maximum atomic E-state index is 5.89. The molecule has 102 valence electrons. The molecule has 1 aromatic carbocycles. The largest absolute Gasteiger partial charge is 0.323 e. The fourth-order valence-electron chi connectivity index (χ4n) is 2.36. The van der Waals surface area contributed by atoms with Gasteiger partial charge in [-0.15, -0.1) is 11.6 Å². The van der Waals surface area contributed by atoms with E-state index in [2.05, 4.69) is 45.7 Å². The van der Waals surface area contributed by atoms with Gasteiger partial charge in [-0.05, 0) is 18.6 Å². The Hall–Kier alpha value is -1.87. The lowest BCUT2D eigenvalue weighted by molar-refractivity contribution is 0.754. The second-order valence-electron chi connectivity index (χ2n) is 4.90. The lowest BCUT2D eigenvalue weighted by Gasteiger charge is -2.09. The van der Waals surface area contributed by atoms with Gasteiger partial charge in [-0.3, -0.25) is 4.98 Å². The summed E-state index contributed by atoms with van der Waals surface area (Å²) in [6.07, 6.45) is 4.38. The maximum Gasteiger partial charge on any atom is 0.111 e. The number of rotatable bonds is 4. The van der Waals surface area contributed by atoms with E-state index in [-0.39, 0.29) is 0 Å². The van der Waals surface area contributed by atoms with Crippen LogP contribution in [0.5, 0.6) is 0 Å². The Bertz CT molecular complexity index is 716. The van der Waals surface area contributed by atoms with E-state index in [1.165, 1.54) is 11.1 Å². The highest BCUT2D eigenvalue weighted by molar-refractivity contribution is 6.17. The molecule has 0 spiro atoms. The zero-order valence-electron chi connectivity index (χ0n) is 11.4. The Morgan fingerprint density at radius 1 is 1.15 bits per heavy atom. The first kappa shape index (κ1) is 13.1. The van der Waals surface area contributed by atoms with Crippen LogP contribution >= 0.6 is 11.6 Å². The number of aromatic nitrogens is 3. The van der Waals surface area contributed by atoms with Crippen LogP contribution in [0.25, 0.3) is 11.0 Å². The fourth-order valence-corrected chi connectivity index (χ4v) is 2.53. The standard InChI is InChI=1S/C16H16ClN3/c1-12-2-4-13(5-3-12)11-20-15-7-9-18-10-14(15)19-16(20)6-8-17/h2-5,7,9-10H,6,8,11H2,1H3. The number of halogens is 1. The van der Waals surface area contributed by atoms with Gasteiger partial charge in [0.2, 0.25) is 0 Å². The summed E-state index contributed by atoms with van der Waals surface area (Å²) in [6, 6.07) is 10.6. The Labute approximate surface area is 123 Å². The Balaban J connectivity index is 2.04. The minimum atomic E-state index is 0.574. The Morgan fingerprint density at radius 2 is 1.95 bits per heavy atom. The highest BCUT2D eigenvalue weighted by Gasteiger charge is 2.10. The van der Waals surface area contributed by atoms with Gasteiger partial charge in [0.15, 0.2) is 0 Å². The molecule has 0 bridgehead atoms. The van der Waals surface area contributed by atoms with Gasteiger partial charge in [-0.25, -0.2) is 4.98 Å². The molecule has 0 aliphatic carbocycles. The van der Waals surface area contributed by atoms with E-state index in [0.29, 0.717) is 5.88 Å². The zero-order valence-corrected chi connectivity index (χ0v) is 12.1. The van der Waals surface area contributed by atoms with Crippen molar-refractivity contribution < 1.29 is 0 Å². The third-order valence-electron chi connectivity index (χ3n) is 3.41. The summed E-state index contributed by atoms with van der Waals surface area (Å²) >= 11 is 5.89. The lowest BCUT2D eigenvalue weighted by Crippen LogP contribution is -2.06. The average molecular weight is 286 g/mol. The topological polar surface area (TPSA) is 30.7 Å². The van der Waals surface area contributed by atoms with Crippen molar-refractivity contribution >= 4 is 22.6 Å². The molecule has 2 aromatic heterocycles. The van der Waals surface area contributed by atoms with Crippen molar-refractivity contribution in [3.05, 3.63) is 59.7 Å². The zero-order chi connectivity index (χ0) is 13.9. The van der Waals surface area contributed by atoms with Crippen LogP contribution < -0.4 is 0 Å². The van der Waals surface area contributed by atoms with Crippen LogP contribution in [-0.4, -0.2) is 20.4 Å². The van der Waals surface area contributed by atoms with Crippen LogP contribution in [0.3, 0.4) is 0 Å². The van der Waals surface area contributed by atoms with Gasteiger partial charge in [-0.1, -0.05) is 29.8 Å². The van der Waals surface area contributed by atoms with Gasteiger partial charge in [0.05, 0.1) is 11.7 Å². The minimum absolute atomic E-state index is 0.574. The molecule has 0 saturated carbocycles. The second kappa shape index (κ2) is 5.63. The molecule has 2 heterocycles. The van der Waals surface area contributed by atoms with E-state index in [0.717, 1.165) is 29.8 Å². The molecule has 0 unspecified atom stereocenters. The van der Waals surface area contributed by atoms with Crippen molar-refractivity contribution in [3.63, 3.8) is 0 Å². The number of hydrogen-bond donors (Lipinski definition) is 0. The maximum absolute atomic E-state index is 5.89. The van der Waals surface area contributed by atoms with Crippen molar-refractivity contribution in [1.82, 2.24) is 14.5 Å². The Kier molecular flexibility index (Phi) is 3.70. The second-order valence-corrected chi connectivity index (χ2v) is 5.28. The molecule has 3 aromatic rings. The molecule has 0 amide bonds. The lowest BCUT2D eigenvalue weighted by atomic mass is 10.1. The number of aryl methyl sites for hydroxylation is 2. The van der Waals surface area contributed by atoms with Gasteiger partial charge >= 0.3 is 0 Å². The molecule has 0 N–H and O–H groups in total. The van der Waals surface area contributed by atoms with Gasteiger partial charge in [0.25, 0.3) is 0 Å². The molecule has 0 atom stereocenters. The van der Waals surface area contributed by atoms with E-state index in [4.69, 9.17) is 11.6 Å². The van der Waals surface area contributed by atoms with Crippen LogP contribution in [0.1, 0.15) is 17.0 Å². The van der Waals surface area contributed by atoms with E-state index in [1.807, 2.05) is 6.07 Å². The van der Waals surface area contributed by atoms with E-state index in [1.54, 1.807) is 12.4 Å². The first-order valence-electron chi connectivity index (χ1n) is 6.68. The summed E-state index contributed by atoms with van der Waals surface area (Å²) in [4.78, 5) is 8.77. The summed E-state index contributed by atoms with van der Waals surface area (Å²) in [5.74, 6) is 1.59. The SMILES string of the molecule is Cc1ccc(Cn2c(CCCl)nc3cnccc32)cc1. The van der Waals surface area contributed by atoms with Gasteiger partial charge < -0.3 is 4.57 Å². The van der Waals surface area contributed by atoms with Crippen LogP contribution in [0.4, 0.5) is 0 Å². The number of alkyl halides is 1. The molecule has 20 heavy (non-hydrogen) atoms. The first-order chi connectivity index (χ1) is 9.78. The van der Waals surface area contributed by atoms with Gasteiger partial charge in [0.1, 0.15) is 11.3 Å². The highest BCUT2D eigenvalue weighted by Crippen LogP contribution is 2.18. The van der Waals surface area contributed by atoms with Crippen LogP contribution in [0, 0.1) is 6.92 Å². The monoisotopic (exact) mass is 285 g/mol. The third-order valence-corrected chi connectivity index (χ3v) is 3.60. The molecule has 4 heteroatoms. The van der Waals surface area contributed by atoms with Crippen LogP contribution in [0.2, 0.25) is 0 Å². The molecule has 3 nitrogen and oxygen atoms in total. The fraction of sp³-hybridized carbons (Fsp3) is 0.250. The summed E-state index contributed by atoms with van der Waals surface area (Å²) in [5, 5.41) is 0. The van der Waals surface area contributed by atoms with Crippen molar-refractivity contribution in [2.45, 2.75) is 19.9 Å². The van der Waals surface area contributed by atoms with Crippen molar-refractivity contribution in [2.24, 2.45) is 0 Å². The number of benzene rings is 1. The molecular weight excluding hydrogens is 270 g/mol. The Morgan fingerprint density at radius 3 is 2.70 bits per heavy atom. The normalized spacial score (nSPS) is 11.1. The van der Waals surface area contributed by atoms with Gasteiger partial charge in [-0.2, -0.15) is 0 Å². The minimum Gasteiger partial charge on any atom is -0.323 e. The van der Waals surface area contributed by atoms with Crippen molar-refractivity contribution in [2.75, 3.05) is 5.88 Å². The van der Waals surface area contributed by atoms with Gasteiger partial charge in [0, 0.05) is 25.0 Å². The molecule has 0 fully saturated rings.